The second kappa shape index (κ2) is 6.44. The molecule has 0 unspecified atom stereocenters. The van der Waals surface area contributed by atoms with Crippen molar-refractivity contribution in [3.05, 3.63) is 0 Å². The van der Waals surface area contributed by atoms with E-state index in [9.17, 15) is 35.9 Å². The van der Waals surface area contributed by atoms with Crippen LogP contribution in [0.15, 0.2) is 0 Å². The third-order valence-electron chi connectivity index (χ3n) is 3.97. The number of carbonyl (C=O) groups excluding carboxylic acids is 2. The van der Waals surface area contributed by atoms with E-state index in [1.165, 1.54) is 0 Å². The average Bonchev–Trinajstić information content (AvgIpc) is 2.31. The molecule has 0 heterocycles. The fourth-order valence-corrected chi connectivity index (χ4v) is 3.53. The quantitative estimate of drug-likeness (QED) is 0.759. The van der Waals surface area contributed by atoms with Gasteiger partial charge in [-0.25, -0.2) is 0 Å². The summed E-state index contributed by atoms with van der Waals surface area (Å²) in [4.78, 5) is 22.0. The van der Waals surface area contributed by atoms with Gasteiger partial charge in [0.05, 0.1) is 0 Å². The highest BCUT2D eigenvalue weighted by molar-refractivity contribution is 5.82. The third-order valence-corrected chi connectivity index (χ3v) is 3.97. The van der Waals surface area contributed by atoms with Crippen LogP contribution >= 0.6 is 0 Å². The summed E-state index contributed by atoms with van der Waals surface area (Å²) in [5, 5.41) is 3.66. The summed E-state index contributed by atoms with van der Waals surface area (Å²) in [6, 6.07) is -0.837. The summed E-state index contributed by atoms with van der Waals surface area (Å²) in [6.07, 6.45) is -9.35. The highest BCUT2D eigenvalue weighted by atomic mass is 19.4. The van der Waals surface area contributed by atoms with Gasteiger partial charge in [0.1, 0.15) is 0 Å². The van der Waals surface area contributed by atoms with Crippen molar-refractivity contribution in [1.82, 2.24) is 10.6 Å². The van der Waals surface area contributed by atoms with Gasteiger partial charge >= 0.3 is 24.2 Å². The number of rotatable bonds is 3. The second-order valence-corrected chi connectivity index (χ2v) is 7.41. The fourth-order valence-electron chi connectivity index (χ4n) is 3.53. The highest BCUT2D eigenvalue weighted by Gasteiger charge is 2.46. The molecule has 2 amide bonds. The molecule has 0 saturated heterocycles. The molecule has 1 aliphatic rings. The van der Waals surface area contributed by atoms with Crippen LogP contribution in [0.1, 0.15) is 40.0 Å². The molecule has 0 aromatic rings. The van der Waals surface area contributed by atoms with Crippen molar-refractivity contribution in [2.75, 3.05) is 6.54 Å². The number of halogens is 6. The highest BCUT2D eigenvalue weighted by Crippen LogP contribution is 2.46. The monoisotopic (exact) mass is 362 g/mol. The third kappa shape index (κ3) is 5.86. The molecule has 1 rings (SSSR count). The maximum absolute atomic E-state index is 12.4. The predicted octanol–water partition coefficient (Wildman–Crippen LogP) is 2.93. The maximum atomic E-state index is 12.4. The van der Waals surface area contributed by atoms with Crippen LogP contribution in [-0.4, -0.2) is 36.8 Å². The van der Waals surface area contributed by atoms with Gasteiger partial charge in [-0.1, -0.05) is 20.8 Å². The van der Waals surface area contributed by atoms with E-state index in [1.807, 2.05) is 5.32 Å². The van der Waals surface area contributed by atoms with E-state index in [1.54, 1.807) is 26.1 Å². The van der Waals surface area contributed by atoms with Gasteiger partial charge in [0.2, 0.25) is 0 Å². The normalized spacial score (nSPS) is 27.5. The Hall–Kier alpha value is -1.48. The summed E-state index contributed by atoms with van der Waals surface area (Å²) in [5.74, 6) is -4.17. The summed E-state index contributed by atoms with van der Waals surface area (Å²) in [6.45, 7) is 4.75. The lowest BCUT2D eigenvalue weighted by Crippen LogP contribution is -2.53. The first-order valence-corrected chi connectivity index (χ1v) is 7.27. The molecule has 2 N–H and O–H groups in total. The van der Waals surface area contributed by atoms with Gasteiger partial charge < -0.3 is 10.6 Å². The van der Waals surface area contributed by atoms with Gasteiger partial charge in [0.15, 0.2) is 0 Å². The van der Waals surface area contributed by atoms with Gasteiger partial charge in [-0.05, 0) is 30.1 Å². The molecule has 4 nitrogen and oxygen atoms in total. The Morgan fingerprint density at radius 1 is 0.958 bits per heavy atom. The number of carbonyl (C=O) groups is 2. The summed E-state index contributed by atoms with van der Waals surface area (Å²) in [5.41, 5.74) is -1.37. The second-order valence-electron chi connectivity index (χ2n) is 7.41. The predicted molar refractivity (Wildman–Crippen MR) is 72.8 cm³/mol. The zero-order chi connectivity index (χ0) is 19.0. The minimum Gasteiger partial charge on any atom is -0.348 e. The van der Waals surface area contributed by atoms with Crippen LogP contribution in [0.5, 0.6) is 0 Å². The molecule has 2 atom stereocenters. The largest absolute Gasteiger partial charge is 0.471 e. The van der Waals surface area contributed by atoms with Gasteiger partial charge in [-0.3, -0.25) is 9.59 Å². The van der Waals surface area contributed by atoms with Gasteiger partial charge in [-0.15, -0.1) is 0 Å². The van der Waals surface area contributed by atoms with Gasteiger partial charge in [0.25, 0.3) is 0 Å². The zero-order valence-electron chi connectivity index (χ0n) is 13.5. The molecule has 24 heavy (non-hydrogen) atoms. The first-order chi connectivity index (χ1) is 10.5. The molecule has 0 bridgehead atoms. The number of nitrogens with one attached hydrogen (secondary N) is 2. The molecule has 0 spiro atoms. The lowest BCUT2D eigenvalue weighted by atomic mass is 9.62. The Morgan fingerprint density at radius 3 is 1.92 bits per heavy atom. The first-order valence-electron chi connectivity index (χ1n) is 7.27. The molecule has 1 aliphatic carbocycles. The van der Waals surface area contributed by atoms with E-state index >= 15 is 0 Å². The van der Waals surface area contributed by atoms with E-state index < -0.39 is 41.0 Å². The molecule has 140 valence electrons. The van der Waals surface area contributed by atoms with Crippen LogP contribution < -0.4 is 10.6 Å². The average molecular weight is 362 g/mol. The van der Waals surface area contributed by atoms with Crippen molar-refractivity contribution in [1.29, 1.82) is 0 Å². The van der Waals surface area contributed by atoms with Crippen molar-refractivity contribution in [3.63, 3.8) is 0 Å². The van der Waals surface area contributed by atoms with Crippen LogP contribution in [-0.2, 0) is 9.59 Å². The maximum Gasteiger partial charge on any atom is 0.471 e. The van der Waals surface area contributed by atoms with Crippen LogP contribution in [0, 0.1) is 10.8 Å². The Morgan fingerprint density at radius 2 is 1.46 bits per heavy atom. The molecule has 10 heteroatoms. The SMILES string of the molecule is CC1(C)C[C@H](NC(=O)C(F)(F)F)C[C@@](C)(CNC(=O)C(F)(F)F)C1. The minimum absolute atomic E-state index is 0.0381. The minimum atomic E-state index is -5.03. The van der Waals surface area contributed by atoms with E-state index in [4.69, 9.17) is 0 Å². The summed E-state index contributed by atoms with van der Waals surface area (Å²) in [7, 11) is 0. The van der Waals surface area contributed by atoms with Crippen molar-refractivity contribution < 1.29 is 35.9 Å². The van der Waals surface area contributed by atoms with Gasteiger partial charge in [-0.2, -0.15) is 26.3 Å². The van der Waals surface area contributed by atoms with E-state index in [0.29, 0.717) is 6.42 Å². The Labute approximate surface area is 135 Å². The number of hydrogen-bond donors (Lipinski definition) is 2. The lowest BCUT2D eigenvalue weighted by Gasteiger charge is -2.47. The first kappa shape index (κ1) is 20.6. The summed E-state index contributed by atoms with van der Waals surface area (Å²) < 4.78 is 73.9. The zero-order valence-corrected chi connectivity index (χ0v) is 13.5. The van der Waals surface area contributed by atoms with Crippen LogP contribution in [0.2, 0.25) is 0 Å². The van der Waals surface area contributed by atoms with Crippen LogP contribution in [0.3, 0.4) is 0 Å². The lowest BCUT2D eigenvalue weighted by molar-refractivity contribution is -0.175. The van der Waals surface area contributed by atoms with Crippen molar-refractivity contribution in [2.24, 2.45) is 10.8 Å². The summed E-state index contributed by atoms with van der Waals surface area (Å²) >= 11 is 0. The molecular weight excluding hydrogens is 342 g/mol. The molecule has 0 aromatic heterocycles. The molecule has 0 radical (unpaired) electrons. The van der Waals surface area contributed by atoms with E-state index in [-0.39, 0.29) is 19.4 Å². The molecule has 1 fully saturated rings. The number of hydrogen-bond acceptors (Lipinski definition) is 2. The van der Waals surface area contributed by atoms with Crippen LogP contribution in [0.4, 0.5) is 26.3 Å². The smallest absolute Gasteiger partial charge is 0.348 e. The number of amides is 2. The molecule has 1 saturated carbocycles. The van der Waals surface area contributed by atoms with E-state index in [0.717, 1.165) is 0 Å². The Kier molecular flexibility index (Phi) is 5.52. The number of alkyl halides is 6. The van der Waals surface area contributed by atoms with Gasteiger partial charge in [0, 0.05) is 12.6 Å². The fraction of sp³-hybridized carbons (Fsp3) is 0.857. The molecule has 0 aromatic carbocycles. The molecular formula is C14H20F6N2O2. The van der Waals surface area contributed by atoms with Crippen molar-refractivity contribution >= 4 is 11.8 Å². The van der Waals surface area contributed by atoms with Crippen molar-refractivity contribution in [3.8, 4) is 0 Å². The Balaban J connectivity index is 2.80. The molecule has 0 aliphatic heterocycles. The van der Waals surface area contributed by atoms with Crippen molar-refractivity contribution in [2.45, 2.75) is 58.4 Å². The van der Waals surface area contributed by atoms with E-state index in [2.05, 4.69) is 0 Å². The topological polar surface area (TPSA) is 58.2 Å². The Bertz CT molecular complexity index is 500. The van der Waals surface area contributed by atoms with Crippen LogP contribution in [0.25, 0.3) is 0 Å². The standard InChI is InChI=1S/C14H20F6N2O2/c1-11(2)4-8(22-10(24)14(18,19)20)5-12(3,6-11)7-21-9(23)13(15,16)17/h8H,4-7H2,1-3H3,(H,21,23)(H,22,24)/t8-,12+/m0/s1.